The molecule has 1 aliphatic carbocycles. The van der Waals surface area contributed by atoms with Crippen molar-refractivity contribution in [3.05, 3.63) is 70.5 Å². The lowest BCUT2D eigenvalue weighted by molar-refractivity contribution is -0.387. The largest absolute Gasteiger partial charge is 0.337 e. The van der Waals surface area contributed by atoms with E-state index in [0.717, 1.165) is 9.13 Å². The van der Waals surface area contributed by atoms with Gasteiger partial charge in [0.1, 0.15) is 11.4 Å². The fraction of sp³-hybridized carbons (Fsp3) is 0.250. The topological polar surface area (TPSA) is 121 Å². The van der Waals surface area contributed by atoms with E-state index in [4.69, 9.17) is 0 Å². The quantitative estimate of drug-likeness (QED) is 0.465. The van der Waals surface area contributed by atoms with Gasteiger partial charge in [0.25, 0.3) is 5.56 Å². The number of pyridine rings is 2. The smallest absolute Gasteiger partial charge is 0.308 e. The minimum Gasteiger partial charge on any atom is -0.308 e. The molecular weight excluding hydrogens is 330 g/mol. The molecule has 0 spiro atoms. The van der Waals surface area contributed by atoms with Crippen molar-refractivity contribution >= 4 is 17.3 Å². The number of hydrogen-bond acceptors (Lipinski definition) is 6. The molecule has 3 rings (SSSR count). The summed E-state index contributed by atoms with van der Waals surface area (Å²) in [5.74, 6) is -1.31. The van der Waals surface area contributed by atoms with E-state index in [-0.39, 0.29) is 28.1 Å². The number of hydrogen-bond donors (Lipinski definition) is 0. The molecule has 0 bridgehead atoms. The van der Waals surface area contributed by atoms with Gasteiger partial charge >= 0.3 is 11.2 Å². The number of carbonyl (C=O) groups excluding carboxylic acids is 2. The van der Waals surface area contributed by atoms with Crippen LogP contribution in [0.3, 0.4) is 0 Å². The van der Waals surface area contributed by atoms with Gasteiger partial charge in [0.2, 0.25) is 5.78 Å². The van der Waals surface area contributed by atoms with Gasteiger partial charge in [-0.05, 0) is 19.4 Å². The fourth-order valence-electron chi connectivity index (χ4n) is 3.25. The normalized spacial score (nSPS) is 12.8. The fourth-order valence-corrected chi connectivity index (χ4v) is 3.25. The predicted octanol–water partition coefficient (Wildman–Crippen LogP) is 0.384. The summed E-state index contributed by atoms with van der Waals surface area (Å²) in [5.41, 5.74) is -2.56. The van der Waals surface area contributed by atoms with Crippen molar-refractivity contribution in [1.29, 1.82) is 0 Å². The molecule has 0 N–H and O–H groups in total. The predicted molar refractivity (Wildman–Crippen MR) is 86.4 cm³/mol. The van der Waals surface area contributed by atoms with Crippen LogP contribution in [-0.2, 0) is 14.1 Å². The van der Waals surface area contributed by atoms with Crippen LogP contribution in [0.1, 0.15) is 43.2 Å². The van der Waals surface area contributed by atoms with E-state index < -0.39 is 33.3 Å². The van der Waals surface area contributed by atoms with Crippen LogP contribution in [0.25, 0.3) is 0 Å². The molecule has 0 radical (unpaired) electrons. The average Bonchev–Trinajstić information content (AvgIpc) is 2.51. The molecule has 0 fully saturated rings. The summed E-state index contributed by atoms with van der Waals surface area (Å²) < 4.78 is 1.85. The maximum atomic E-state index is 13.0. The molecule has 2 aromatic rings. The number of rotatable bonds is 1. The van der Waals surface area contributed by atoms with Gasteiger partial charge in [-0.3, -0.25) is 29.3 Å². The molecule has 0 saturated carbocycles. The van der Waals surface area contributed by atoms with Crippen LogP contribution in [0.4, 0.5) is 5.69 Å². The second-order valence-corrected chi connectivity index (χ2v) is 5.92. The van der Waals surface area contributed by atoms with Crippen LogP contribution in [0.2, 0.25) is 0 Å². The van der Waals surface area contributed by atoms with E-state index in [1.807, 2.05) is 0 Å². The Morgan fingerprint density at radius 3 is 2.04 bits per heavy atom. The molecule has 9 heteroatoms. The molecule has 128 valence electrons. The summed E-state index contributed by atoms with van der Waals surface area (Å²) in [6, 6.07) is 1.22. The lowest BCUT2D eigenvalue weighted by atomic mass is 9.84. The molecule has 0 aromatic carbocycles. The zero-order chi connectivity index (χ0) is 18.8. The Morgan fingerprint density at radius 2 is 1.48 bits per heavy atom. The molecule has 2 aromatic heterocycles. The SMILES string of the molecule is Cc1cc(=O)n(C)c2c1C(=O)c1c(C)c([N+](=O)[O-])c(=O)n(C)c1C2=O. The first kappa shape index (κ1) is 16.5. The van der Waals surface area contributed by atoms with Crippen LogP contribution in [0.5, 0.6) is 0 Å². The van der Waals surface area contributed by atoms with Crippen molar-refractivity contribution in [3.63, 3.8) is 0 Å². The molecule has 25 heavy (non-hydrogen) atoms. The van der Waals surface area contributed by atoms with Gasteiger partial charge in [0.05, 0.1) is 16.1 Å². The van der Waals surface area contributed by atoms with Crippen molar-refractivity contribution in [1.82, 2.24) is 9.13 Å². The third-order valence-corrected chi connectivity index (χ3v) is 4.51. The van der Waals surface area contributed by atoms with E-state index in [9.17, 15) is 29.3 Å². The molecule has 0 atom stereocenters. The number of fused-ring (bicyclic) bond motifs is 2. The summed E-state index contributed by atoms with van der Waals surface area (Å²) in [4.78, 5) is 60.6. The second-order valence-electron chi connectivity index (χ2n) is 5.92. The lowest BCUT2D eigenvalue weighted by Gasteiger charge is -2.23. The molecule has 1 aliphatic rings. The van der Waals surface area contributed by atoms with Gasteiger partial charge < -0.3 is 9.13 Å². The van der Waals surface area contributed by atoms with E-state index in [0.29, 0.717) is 5.56 Å². The highest BCUT2D eigenvalue weighted by Gasteiger charge is 2.39. The van der Waals surface area contributed by atoms with E-state index >= 15 is 0 Å². The number of nitrogens with zero attached hydrogens (tertiary/aromatic N) is 3. The summed E-state index contributed by atoms with van der Waals surface area (Å²) in [7, 11) is 2.55. The van der Waals surface area contributed by atoms with Gasteiger partial charge in [-0.15, -0.1) is 0 Å². The number of aryl methyl sites for hydroxylation is 1. The number of nitro groups is 1. The van der Waals surface area contributed by atoms with E-state index in [1.165, 1.54) is 34.0 Å². The number of aromatic nitrogens is 2. The standard InChI is InChI=1S/C16H13N3O6/c1-6-5-8(20)17(3)12-9(6)14(21)10-7(2)11(19(24)25)16(23)18(4)13(10)15(12)22/h5H,1-4H3. The highest BCUT2D eigenvalue weighted by Crippen LogP contribution is 2.31. The first-order chi connectivity index (χ1) is 11.6. The Hall–Kier alpha value is -3.36. The van der Waals surface area contributed by atoms with Crippen LogP contribution in [0, 0.1) is 24.0 Å². The average molecular weight is 343 g/mol. The second kappa shape index (κ2) is 5.07. The van der Waals surface area contributed by atoms with Gasteiger partial charge in [-0.2, -0.15) is 0 Å². The third-order valence-electron chi connectivity index (χ3n) is 4.51. The number of carbonyl (C=O) groups is 2. The first-order valence-corrected chi connectivity index (χ1v) is 7.27. The van der Waals surface area contributed by atoms with Crippen molar-refractivity contribution in [2.45, 2.75) is 13.8 Å². The zero-order valence-electron chi connectivity index (χ0n) is 13.9. The third kappa shape index (κ3) is 1.95. The zero-order valence-corrected chi connectivity index (χ0v) is 13.9. The highest BCUT2D eigenvalue weighted by atomic mass is 16.6. The molecule has 0 amide bonds. The Bertz CT molecular complexity index is 1140. The summed E-state index contributed by atoms with van der Waals surface area (Å²) >= 11 is 0. The maximum Gasteiger partial charge on any atom is 0.337 e. The van der Waals surface area contributed by atoms with Crippen molar-refractivity contribution in [3.8, 4) is 0 Å². The van der Waals surface area contributed by atoms with Gasteiger partial charge in [0.15, 0.2) is 5.78 Å². The summed E-state index contributed by atoms with van der Waals surface area (Å²) in [6.45, 7) is 2.79. The molecule has 0 saturated heterocycles. The lowest BCUT2D eigenvalue weighted by Crippen LogP contribution is -2.38. The summed E-state index contributed by atoms with van der Waals surface area (Å²) in [6.07, 6.45) is 0. The van der Waals surface area contributed by atoms with Crippen LogP contribution >= 0.6 is 0 Å². The van der Waals surface area contributed by atoms with Gasteiger partial charge in [0, 0.05) is 25.7 Å². The van der Waals surface area contributed by atoms with E-state index in [2.05, 4.69) is 0 Å². The Kier molecular flexibility index (Phi) is 3.34. The van der Waals surface area contributed by atoms with E-state index in [1.54, 1.807) is 0 Å². The summed E-state index contributed by atoms with van der Waals surface area (Å²) in [5, 5.41) is 11.2. The molecular formula is C16H13N3O6. The number of ketones is 2. The highest BCUT2D eigenvalue weighted by molar-refractivity contribution is 6.28. The van der Waals surface area contributed by atoms with Gasteiger partial charge in [-0.25, -0.2) is 0 Å². The molecule has 0 aliphatic heterocycles. The van der Waals surface area contributed by atoms with Crippen LogP contribution in [0.15, 0.2) is 15.7 Å². The minimum atomic E-state index is -0.983. The van der Waals surface area contributed by atoms with Crippen LogP contribution < -0.4 is 11.1 Å². The molecule has 9 nitrogen and oxygen atoms in total. The van der Waals surface area contributed by atoms with Gasteiger partial charge in [-0.1, -0.05) is 0 Å². The van der Waals surface area contributed by atoms with Crippen LogP contribution in [-0.4, -0.2) is 25.6 Å². The monoisotopic (exact) mass is 343 g/mol. The Labute approximate surface area is 140 Å². The van der Waals surface area contributed by atoms with Crippen molar-refractivity contribution < 1.29 is 14.5 Å². The minimum absolute atomic E-state index is 0.0237. The molecule has 2 heterocycles. The molecule has 0 unspecified atom stereocenters. The Morgan fingerprint density at radius 1 is 0.920 bits per heavy atom. The maximum absolute atomic E-state index is 13.0. The van der Waals surface area contributed by atoms with Crippen molar-refractivity contribution in [2.75, 3.05) is 0 Å². The van der Waals surface area contributed by atoms with Crippen molar-refractivity contribution in [2.24, 2.45) is 14.1 Å². The Balaban J connectivity index is 2.56. The first-order valence-electron chi connectivity index (χ1n) is 7.27.